The predicted octanol–water partition coefficient (Wildman–Crippen LogP) is 3.68. The summed E-state index contributed by atoms with van der Waals surface area (Å²) in [4.78, 5) is 12.2. The molecule has 0 unspecified atom stereocenters. The largest absolute Gasteiger partial charge is 0.383 e. The number of alkyl halides is 2. The predicted molar refractivity (Wildman–Crippen MR) is 78.9 cm³/mol. The Labute approximate surface area is 123 Å². The summed E-state index contributed by atoms with van der Waals surface area (Å²) in [6.45, 7) is 7.25. The molecule has 1 N–H and O–H groups in total. The van der Waals surface area contributed by atoms with Gasteiger partial charge in [0.2, 0.25) is 0 Å². The van der Waals surface area contributed by atoms with Crippen molar-refractivity contribution in [2.45, 2.75) is 26.7 Å². The zero-order valence-electron chi connectivity index (χ0n) is 12.3. The van der Waals surface area contributed by atoms with E-state index < -0.39 is 11.3 Å². The number of halogens is 2. The van der Waals surface area contributed by atoms with Gasteiger partial charge in [0.25, 0.3) is 12.1 Å². The third-order valence-electron chi connectivity index (χ3n) is 3.21. The summed E-state index contributed by atoms with van der Waals surface area (Å²) in [7, 11) is 0. The highest BCUT2D eigenvalue weighted by Gasteiger charge is 2.17. The fraction of sp³-hybridized carbons (Fsp3) is 0.571. The monoisotopic (exact) mass is 301 g/mol. The molecule has 0 amide bonds. The van der Waals surface area contributed by atoms with Gasteiger partial charge in [0.05, 0.1) is 4.92 Å². The van der Waals surface area contributed by atoms with Crippen LogP contribution >= 0.6 is 0 Å². The summed E-state index contributed by atoms with van der Waals surface area (Å²) in [5.41, 5.74) is -0.400. The molecular weight excluding hydrogens is 280 g/mol. The highest BCUT2D eigenvalue weighted by Crippen LogP contribution is 2.30. The van der Waals surface area contributed by atoms with Crippen LogP contribution in [0.1, 0.15) is 32.3 Å². The molecule has 0 bridgehead atoms. The van der Waals surface area contributed by atoms with E-state index in [9.17, 15) is 18.9 Å². The molecule has 0 radical (unpaired) electrons. The molecule has 0 aliphatic carbocycles. The number of likely N-dealkylation sites (N-methyl/N-ethyl adjacent to an activating group) is 1. The van der Waals surface area contributed by atoms with E-state index in [4.69, 9.17) is 0 Å². The van der Waals surface area contributed by atoms with Crippen molar-refractivity contribution >= 4 is 11.4 Å². The molecule has 118 valence electrons. The van der Waals surface area contributed by atoms with E-state index in [0.29, 0.717) is 6.54 Å². The normalized spacial score (nSPS) is 11.1. The summed E-state index contributed by atoms with van der Waals surface area (Å²) in [6.07, 6.45) is -1.71. The smallest absolute Gasteiger partial charge is 0.270 e. The number of nitrogens with zero attached hydrogens (tertiary/aromatic N) is 2. The van der Waals surface area contributed by atoms with Crippen molar-refractivity contribution in [1.82, 2.24) is 4.90 Å². The number of benzene rings is 1. The van der Waals surface area contributed by atoms with Gasteiger partial charge in [-0.05, 0) is 25.6 Å². The Bertz CT molecular complexity index is 470. The van der Waals surface area contributed by atoms with Crippen molar-refractivity contribution in [3.8, 4) is 0 Å². The zero-order chi connectivity index (χ0) is 15.8. The molecule has 0 saturated carbocycles. The average Bonchev–Trinajstić information content (AvgIpc) is 2.46. The standard InChI is InChI=1S/C14H21F2N3O2/c1-3-8-18(4-2)9-7-17-13-6-5-11(19(20)21)10-12(13)14(15)16/h5-6,10,14,17H,3-4,7-9H2,1-2H3. The van der Waals surface area contributed by atoms with Crippen LogP contribution in [0.3, 0.4) is 0 Å². The summed E-state index contributed by atoms with van der Waals surface area (Å²) < 4.78 is 25.9. The molecule has 0 saturated heterocycles. The van der Waals surface area contributed by atoms with Crippen LogP contribution in [0.25, 0.3) is 0 Å². The molecule has 1 aromatic rings. The van der Waals surface area contributed by atoms with Gasteiger partial charge in [-0.1, -0.05) is 13.8 Å². The maximum Gasteiger partial charge on any atom is 0.270 e. The number of hydrogen-bond donors (Lipinski definition) is 1. The van der Waals surface area contributed by atoms with Crippen LogP contribution in [0.4, 0.5) is 20.2 Å². The first kappa shape index (κ1) is 17.3. The zero-order valence-corrected chi connectivity index (χ0v) is 12.3. The maximum absolute atomic E-state index is 13.0. The fourth-order valence-corrected chi connectivity index (χ4v) is 2.10. The SMILES string of the molecule is CCCN(CC)CCNc1ccc([N+](=O)[O-])cc1C(F)F. The van der Waals surface area contributed by atoms with Gasteiger partial charge in [-0.3, -0.25) is 10.1 Å². The lowest BCUT2D eigenvalue weighted by Crippen LogP contribution is -2.29. The van der Waals surface area contributed by atoms with Gasteiger partial charge in [-0.25, -0.2) is 8.78 Å². The molecule has 1 aromatic carbocycles. The lowest BCUT2D eigenvalue weighted by atomic mass is 10.1. The Morgan fingerprint density at radius 1 is 1.33 bits per heavy atom. The van der Waals surface area contributed by atoms with Gasteiger partial charge in [-0.2, -0.15) is 0 Å². The van der Waals surface area contributed by atoms with Crippen LogP contribution in [-0.2, 0) is 0 Å². The van der Waals surface area contributed by atoms with Crippen molar-refractivity contribution in [1.29, 1.82) is 0 Å². The van der Waals surface area contributed by atoms with E-state index in [2.05, 4.69) is 17.1 Å². The lowest BCUT2D eigenvalue weighted by Gasteiger charge is -2.20. The van der Waals surface area contributed by atoms with Gasteiger partial charge < -0.3 is 10.2 Å². The van der Waals surface area contributed by atoms with Crippen LogP contribution in [0.15, 0.2) is 18.2 Å². The maximum atomic E-state index is 13.0. The van der Waals surface area contributed by atoms with Crippen molar-refractivity contribution in [2.24, 2.45) is 0 Å². The van der Waals surface area contributed by atoms with Crippen molar-refractivity contribution < 1.29 is 13.7 Å². The first-order valence-electron chi connectivity index (χ1n) is 7.02. The van der Waals surface area contributed by atoms with E-state index in [1.165, 1.54) is 12.1 Å². The van der Waals surface area contributed by atoms with E-state index in [0.717, 1.165) is 32.1 Å². The summed E-state index contributed by atoms with van der Waals surface area (Å²) in [5, 5.41) is 13.6. The van der Waals surface area contributed by atoms with Gasteiger partial charge in [0, 0.05) is 36.5 Å². The van der Waals surface area contributed by atoms with Crippen LogP contribution in [0.2, 0.25) is 0 Å². The second kappa shape index (κ2) is 8.51. The molecular formula is C14H21F2N3O2. The van der Waals surface area contributed by atoms with Gasteiger partial charge in [0.15, 0.2) is 0 Å². The molecule has 0 aromatic heterocycles. The first-order valence-corrected chi connectivity index (χ1v) is 7.02. The van der Waals surface area contributed by atoms with Crippen LogP contribution < -0.4 is 5.32 Å². The van der Waals surface area contributed by atoms with Gasteiger partial charge in [-0.15, -0.1) is 0 Å². The average molecular weight is 301 g/mol. The number of nitro groups is 1. The highest BCUT2D eigenvalue weighted by atomic mass is 19.3. The second-order valence-electron chi connectivity index (χ2n) is 4.69. The Morgan fingerprint density at radius 2 is 2.05 bits per heavy atom. The van der Waals surface area contributed by atoms with Crippen LogP contribution in [0, 0.1) is 10.1 Å². The summed E-state index contributed by atoms with van der Waals surface area (Å²) in [6, 6.07) is 3.50. The second-order valence-corrected chi connectivity index (χ2v) is 4.69. The molecule has 5 nitrogen and oxygen atoms in total. The lowest BCUT2D eigenvalue weighted by molar-refractivity contribution is -0.385. The fourth-order valence-electron chi connectivity index (χ4n) is 2.10. The minimum Gasteiger partial charge on any atom is -0.383 e. The van der Waals surface area contributed by atoms with Crippen molar-refractivity contribution in [2.75, 3.05) is 31.5 Å². The molecule has 0 spiro atoms. The van der Waals surface area contributed by atoms with E-state index in [1.807, 2.05) is 6.92 Å². The highest BCUT2D eigenvalue weighted by molar-refractivity contribution is 5.56. The Balaban J connectivity index is 2.72. The molecule has 21 heavy (non-hydrogen) atoms. The van der Waals surface area contributed by atoms with Crippen molar-refractivity contribution in [3.63, 3.8) is 0 Å². The van der Waals surface area contributed by atoms with Crippen molar-refractivity contribution in [3.05, 3.63) is 33.9 Å². The Hall–Kier alpha value is -1.76. The molecule has 0 fully saturated rings. The Morgan fingerprint density at radius 3 is 2.57 bits per heavy atom. The molecule has 7 heteroatoms. The molecule has 0 heterocycles. The van der Waals surface area contributed by atoms with E-state index in [1.54, 1.807) is 0 Å². The molecule has 0 aliphatic rings. The third-order valence-corrected chi connectivity index (χ3v) is 3.21. The number of rotatable bonds is 9. The quantitative estimate of drug-likeness (QED) is 0.558. The van der Waals surface area contributed by atoms with Crippen LogP contribution in [-0.4, -0.2) is 36.0 Å². The van der Waals surface area contributed by atoms with Gasteiger partial charge in [0.1, 0.15) is 0 Å². The number of hydrogen-bond acceptors (Lipinski definition) is 4. The summed E-state index contributed by atoms with van der Waals surface area (Å²) in [5.74, 6) is 0. The number of nitro benzene ring substituents is 1. The van der Waals surface area contributed by atoms with E-state index in [-0.39, 0.29) is 16.9 Å². The number of nitrogens with one attached hydrogen (secondary N) is 1. The summed E-state index contributed by atoms with van der Waals surface area (Å²) >= 11 is 0. The molecule has 0 atom stereocenters. The Kier molecular flexibility index (Phi) is 7.01. The van der Waals surface area contributed by atoms with Crippen LogP contribution in [0.5, 0.6) is 0 Å². The topological polar surface area (TPSA) is 58.4 Å². The number of anilines is 1. The first-order chi connectivity index (χ1) is 9.99. The van der Waals surface area contributed by atoms with E-state index >= 15 is 0 Å². The third kappa shape index (κ3) is 5.26. The molecule has 0 aliphatic heterocycles. The minimum atomic E-state index is -2.75. The minimum absolute atomic E-state index is 0.253. The van der Waals surface area contributed by atoms with Gasteiger partial charge >= 0.3 is 0 Å². The number of non-ortho nitro benzene ring substituents is 1. The molecule has 1 rings (SSSR count).